The smallest absolute Gasteiger partial charge is 0.407 e. The van der Waals surface area contributed by atoms with Gasteiger partial charge in [-0.25, -0.2) is 23.5 Å². The lowest BCUT2D eigenvalue weighted by atomic mass is 10.1. The topological polar surface area (TPSA) is 124 Å². The molecule has 3 N–H and O–H groups in total. The van der Waals surface area contributed by atoms with Gasteiger partial charge in [0, 0.05) is 31.2 Å². The number of aromatic nitrogens is 2. The molecule has 0 aliphatic carbocycles. The van der Waals surface area contributed by atoms with Gasteiger partial charge in [0.15, 0.2) is 29.1 Å². The number of hydrogen-bond acceptors (Lipinski definition) is 9. The lowest BCUT2D eigenvalue weighted by molar-refractivity contribution is 0.0503. The Hall–Kier alpha value is -3.72. The molecular weight excluding hydrogens is 484 g/mol. The summed E-state index contributed by atoms with van der Waals surface area (Å²) in [7, 11) is 0. The number of ether oxygens (including phenoxy) is 2. The van der Waals surface area contributed by atoms with Crippen LogP contribution in [0, 0.1) is 23.0 Å². The Balaban J connectivity index is 1.77. The maximum atomic E-state index is 14.8. The largest absolute Gasteiger partial charge is 0.444 e. The number of nitrogens with zero attached hydrogens (tertiary/aromatic N) is 4. The monoisotopic (exact) mass is 517 g/mol. The van der Waals surface area contributed by atoms with Crippen LogP contribution < -0.4 is 20.9 Å². The number of nitriles is 1. The predicted octanol–water partition coefficient (Wildman–Crippen LogP) is 4.31. The summed E-state index contributed by atoms with van der Waals surface area (Å²) in [6.45, 7) is 11.0. The molecule has 0 spiro atoms. The first-order valence-corrected chi connectivity index (χ1v) is 12.1. The van der Waals surface area contributed by atoms with E-state index in [9.17, 15) is 18.8 Å². The maximum absolute atomic E-state index is 14.8. The van der Waals surface area contributed by atoms with Crippen LogP contribution in [0.2, 0.25) is 0 Å². The number of carbonyl (C=O) groups excluding carboxylic acids is 1. The number of morpholine rings is 1. The van der Waals surface area contributed by atoms with Crippen molar-refractivity contribution < 1.29 is 23.0 Å². The van der Waals surface area contributed by atoms with Crippen LogP contribution in [0.1, 0.15) is 46.6 Å². The molecular formula is C25H33F2N7O3. The van der Waals surface area contributed by atoms with E-state index < -0.39 is 35.4 Å². The van der Waals surface area contributed by atoms with Gasteiger partial charge in [-0.05, 0) is 40.2 Å². The molecule has 3 heterocycles. The minimum atomic E-state index is -0.739. The van der Waals surface area contributed by atoms with Gasteiger partial charge in [0.25, 0.3) is 0 Å². The zero-order chi connectivity index (χ0) is 27.2. The van der Waals surface area contributed by atoms with E-state index >= 15 is 0 Å². The Morgan fingerprint density at radius 1 is 1.24 bits per heavy atom. The van der Waals surface area contributed by atoms with Crippen molar-refractivity contribution in [2.24, 2.45) is 0 Å². The van der Waals surface area contributed by atoms with Crippen molar-refractivity contribution in [3.8, 4) is 6.07 Å². The highest BCUT2D eigenvalue weighted by Gasteiger charge is 2.24. The van der Waals surface area contributed by atoms with Crippen LogP contribution in [0.15, 0.2) is 18.3 Å². The van der Waals surface area contributed by atoms with E-state index in [0.29, 0.717) is 32.7 Å². The van der Waals surface area contributed by atoms with E-state index in [-0.39, 0.29) is 28.7 Å². The van der Waals surface area contributed by atoms with E-state index in [1.807, 2.05) is 13.0 Å². The molecule has 2 aromatic rings. The molecule has 1 amide bonds. The van der Waals surface area contributed by atoms with Gasteiger partial charge in [0.2, 0.25) is 0 Å². The Labute approximate surface area is 215 Å². The first-order chi connectivity index (χ1) is 17.5. The molecule has 2 atom stereocenters. The van der Waals surface area contributed by atoms with Crippen molar-refractivity contribution in [1.82, 2.24) is 15.3 Å². The quantitative estimate of drug-likeness (QED) is 0.470. The molecule has 0 unspecified atom stereocenters. The molecule has 200 valence electrons. The third kappa shape index (κ3) is 7.63. The first kappa shape index (κ1) is 27.9. The van der Waals surface area contributed by atoms with Crippen LogP contribution >= 0.6 is 0 Å². The number of halogens is 2. The number of hydrogen-bond donors (Lipinski definition) is 3. The second-order valence-corrected chi connectivity index (χ2v) is 9.67. The van der Waals surface area contributed by atoms with Gasteiger partial charge in [0.1, 0.15) is 11.7 Å². The van der Waals surface area contributed by atoms with E-state index in [2.05, 4.69) is 25.9 Å². The molecule has 0 bridgehead atoms. The van der Waals surface area contributed by atoms with Crippen molar-refractivity contribution in [2.45, 2.75) is 58.7 Å². The summed E-state index contributed by atoms with van der Waals surface area (Å²) >= 11 is 0. The number of nitrogens with one attached hydrogen (secondary N) is 3. The van der Waals surface area contributed by atoms with Crippen LogP contribution in [0.3, 0.4) is 0 Å². The number of alkyl carbamates (subject to hydrolysis) is 1. The van der Waals surface area contributed by atoms with Crippen molar-refractivity contribution >= 4 is 29.2 Å². The van der Waals surface area contributed by atoms with Crippen molar-refractivity contribution in [3.05, 3.63) is 35.5 Å². The normalized spacial score (nSPS) is 15.4. The minimum absolute atomic E-state index is 0.0364. The molecule has 1 aliphatic rings. The number of carbonyl (C=O) groups is 1. The van der Waals surface area contributed by atoms with Crippen LogP contribution in [0.4, 0.5) is 36.7 Å². The molecule has 37 heavy (non-hydrogen) atoms. The highest BCUT2D eigenvalue weighted by molar-refractivity contribution is 5.68. The second kappa shape index (κ2) is 12.0. The van der Waals surface area contributed by atoms with Crippen molar-refractivity contribution in [1.29, 1.82) is 5.26 Å². The first-order valence-electron chi connectivity index (χ1n) is 12.1. The molecule has 1 fully saturated rings. The predicted molar refractivity (Wildman–Crippen MR) is 136 cm³/mol. The molecule has 0 aromatic carbocycles. The van der Waals surface area contributed by atoms with Gasteiger partial charge >= 0.3 is 6.09 Å². The van der Waals surface area contributed by atoms with Crippen LogP contribution in [-0.4, -0.2) is 60.0 Å². The number of amides is 1. The molecule has 1 aliphatic heterocycles. The van der Waals surface area contributed by atoms with Crippen LogP contribution in [-0.2, 0) is 9.47 Å². The van der Waals surface area contributed by atoms with Crippen molar-refractivity contribution in [3.63, 3.8) is 0 Å². The zero-order valence-electron chi connectivity index (χ0n) is 21.7. The third-order valence-electron chi connectivity index (χ3n) is 5.60. The molecule has 12 heteroatoms. The average Bonchev–Trinajstić information content (AvgIpc) is 2.83. The Morgan fingerprint density at radius 3 is 2.54 bits per heavy atom. The van der Waals surface area contributed by atoms with Gasteiger partial charge in [-0.15, -0.1) is 0 Å². The molecule has 3 rings (SSSR count). The summed E-state index contributed by atoms with van der Waals surface area (Å²) in [6, 6.07) is 3.36. The Kier molecular flexibility index (Phi) is 9.04. The lowest BCUT2D eigenvalue weighted by Gasteiger charge is -2.28. The number of rotatable bonds is 8. The Morgan fingerprint density at radius 2 is 1.95 bits per heavy atom. The van der Waals surface area contributed by atoms with Crippen molar-refractivity contribution in [2.75, 3.05) is 41.8 Å². The standard InChI is InChI=1S/C25H33F2N7O3/c1-6-20(15(2)30-24(35)37-25(3,4)5)32-22-18(26)11-16(13-28)21(33-22)31-17-12-19(27)23(29-14-17)34-7-9-36-10-8-34/h11-12,14-15,20H,6-10H2,1-5H3,(H,30,35)(H2,31,32,33)/t15-,20+/m0/s1. The summed E-state index contributed by atoms with van der Waals surface area (Å²) in [5.41, 5.74) is -0.466. The lowest BCUT2D eigenvalue weighted by Crippen LogP contribution is -2.46. The Bertz CT molecular complexity index is 1140. The van der Waals surface area contributed by atoms with Gasteiger partial charge in [0.05, 0.1) is 30.7 Å². The summed E-state index contributed by atoms with van der Waals surface area (Å²) in [4.78, 5) is 22.4. The van der Waals surface area contributed by atoms with E-state index in [0.717, 1.165) is 6.07 Å². The third-order valence-corrected chi connectivity index (χ3v) is 5.60. The average molecular weight is 518 g/mol. The summed E-state index contributed by atoms with van der Waals surface area (Å²) in [5.74, 6) is -1.16. The molecule has 0 saturated carbocycles. The molecule has 1 saturated heterocycles. The maximum Gasteiger partial charge on any atom is 0.407 e. The fourth-order valence-electron chi connectivity index (χ4n) is 3.76. The summed E-state index contributed by atoms with van der Waals surface area (Å²) in [6.07, 6.45) is 1.36. The minimum Gasteiger partial charge on any atom is -0.444 e. The number of pyridine rings is 2. The summed E-state index contributed by atoms with van der Waals surface area (Å²) < 4.78 is 40.2. The van der Waals surface area contributed by atoms with E-state index in [1.54, 1.807) is 32.6 Å². The SMILES string of the molecule is CC[C@@H](Nc1nc(Nc2cnc(N3CCOCC3)c(F)c2)c(C#N)cc1F)[C@H](C)NC(=O)OC(C)(C)C. The fourth-order valence-corrected chi connectivity index (χ4v) is 3.76. The second-order valence-electron chi connectivity index (χ2n) is 9.67. The van der Waals surface area contributed by atoms with Gasteiger partial charge in [-0.3, -0.25) is 0 Å². The van der Waals surface area contributed by atoms with Crippen LogP contribution in [0.25, 0.3) is 0 Å². The van der Waals surface area contributed by atoms with Crippen LogP contribution in [0.5, 0.6) is 0 Å². The number of anilines is 4. The van der Waals surface area contributed by atoms with E-state index in [4.69, 9.17) is 9.47 Å². The van der Waals surface area contributed by atoms with Gasteiger partial charge in [-0.1, -0.05) is 6.92 Å². The van der Waals surface area contributed by atoms with Gasteiger partial charge < -0.3 is 30.3 Å². The summed E-state index contributed by atoms with van der Waals surface area (Å²) in [5, 5.41) is 18.1. The highest BCUT2D eigenvalue weighted by Crippen LogP contribution is 2.27. The molecule has 2 aromatic heterocycles. The highest BCUT2D eigenvalue weighted by atomic mass is 19.1. The fraction of sp³-hybridized carbons (Fsp3) is 0.520. The molecule has 10 nitrogen and oxygen atoms in total. The van der Waals surface area contributed by atoms with Gasteiger partial charge in [-0.2, -0.15) is 5.26 Å². The van der Waals surface area contributed by atoms with E-state index in [1.165, 1.54) is 12.3 Å². The molecule has 0 radical (unpaired) electrons. The zero-order valence-corrected chi connectivity index (χ0v) is 21.7.